The molecule has 2 aliphatic carbocycles. The van der Waals surface area contributed by atoms with Crippen LogP contribution in [0.15, 0.2) is 0 Å². The van der Waals surface area contributed by atoms with Crippen molar-refractivity contribution in [2.24, 2.45) is 40.9 Å². The van der Waals surface area contributed by atoms with Crippen LogP contribution in [0.1, 0.15) is 58.8 Å². The summed E-state index contributed by atoms with van der Waals surface area (Å²) in [6, 6.07) is 4.10. The number of rotatable bonds is 4. The lowest BCUT2D eigenvalue weighted by atomic mass is 9.60. The molecule has 2 saturated carbocycles. The lowest BCUT2D eigenvalue weighted by molar-refractivity contribution is 0.0538. The number of hydrogen-bond donors (Lipinski definition) is 4. The van der Waals surface area contributed by atoms with Gasteiger partial charge in [0.1, 0.15) is 16.7 Å². The molecule has 8 atom stereocenters. The lowest BCUT2D eigenvalue weighted by Crippen LogP contribution is -2.58. The van der Waals surface area contributed by atoms with Gasteiger partial charge in [0.2, 0.25) is 0 Å². The minimum Gasteiger partial charge on any atom is -0.597 e. The molecule has 8 nitrogen and oxygen atoms in total. The minimum atomic E-state index is -3.18. The Labute approximate surface area is 200 Å². The van der Waals surface area contributed by atoms with E-state index in [1.54, 1.807) is 0 Å². The van der Waals surface area contributed by atoms with E-state index in [0.29, 0.717) is 60.2 Å². The van der Waals surface area contributed by atoms with Gasteiger partial charge in [0.25, 0.3) is 0 Å². The van der Waals surface area contributed by atoms with Crippen molar-refractivity contribution in [1.82, 2.24) is 26.0 Å². The maximum Gasteiger partial charge on any atom is 0.137 e. The Morgan fingerprint density at radius 2 is 1.73 bits per heavy atom. The number of piperidine rings is 1. The summed E-state index contributed by atoms with van der Waals surface area (Å²) in [5, 5.41) is 13.4. The standard InChI is InChI=1S/C24H42N6O2S/c1-24(2,14-25)18-7-4-15(5-8-18)23-22-19-10-16(17-11-27-30(13-17)33(3,31)32)6-9-20(19)26-12-21(22)28-29-23/h15-23,26-29H,4-13H2,1-3H3. The van der Waals surface area contributed by atoms with Gasteiger partial charge >= 0.3 is 0 Å². The van der Waals surface area contributed by atoms with Crippen molar-refractivity contribution >= 4 is 10.4 Å². The maximum atomic E-state index is 12.0. The third kappa shape index (κ3) is 4.65. The molecule has 0 aromatic carbocycles. The summed E-state index contributed by atoms with van der Waals surface area (Å²) in [6.45, 7) is 6.62. The quantitative estimate of drug-likeness (QED) is 0.456. The van der Waals surface area contributed by atoms with Gasteiger partial charge in [-0.05, 0) is 94.3 Å². The molecule has 3 saturated heterocycles. The van der Waals surface area contributed by atoms with E-state index < -0.39 is 10.4 Å². The molecular weight excluding hydrogens is 436 g/mol. The highest BCUT2D eigenvalue weighted by atomic mass is 32.3. The molecule has 8 unspecified atom stereocenters. The van der Waals surface area contributed by atoms with Crippen molar-refractivity contribution < 1.29 is 8.76 Å². The first kappa shape index (κ1) is 24.1. The number of nitriles is 1. The molecule has 3 aliphatic heterocycles. The fraction of sp³-hybridized carbons (Fsp3) is 0.958. The highest BCUT2D eigenvalue weighted by molar-refractivity contribution is 7.94. The van der Waals surface area contributed by atoms with Crippen molar-refractivity contribution in [3.05, 3.63) is 0 Å². The Morgan fingerprint density at radius 3 is 2.39 bits per heavy atom. The largest absolute Gasteiger partial charge is 0.597 e. The van der Waals surface area contributed by atoms with Crippen LogP contribution in [0.4, 0.5) is 0 Å². The van der Waals surface area contributed by atoms with Crippen LogP contribution in [0.2, 0.25) is 0 Å². The summed E-state index contributed by atoms with van der Waals surface area (Å²) in [5.41, 5.74) is 10.3. The summed E-state index contributed by atoms with van der Waals surface area (Å²) < 4.78 is 25.4. The molecule has 0 spiro atoms. The van der Waals surface area contributed by atoms with Gasteiger partial charge in [0.05, 0.1) is 18.0 Å². The normalized spacial score (nSPS) is 46.2. The average Bonchev–Trinajstić information content (AvgIpc) is 3.46. The second-order valence-corrected chi connectivity index (χ2v) is 14.0. The monoisotopic (exact) mass is 478 g/mol. The molecular formula is C24H42N6O2S. The van der Waals surface area contributed by atoms with Crippen LogP contribution < -0.4 is 21.6 Å². The van der Waals surface area contributed by atoms with Gasteiger partial charge in [-0.15, -0.1) is 0 Å². The SMILES string of the molecule is CC(C)(C#N)C1CCC(C2NNC3CNC4CCC(C5CNN([S+](C)(=O)[O-])C5)CC4C32)CC1. The number of sulfonamides is 1. The van der Waals surface area contributed by atoms with Crippen LogP contribution in [0.5, 0.6) is 0 Å². The van der Waals surface area contributed by atoms with E-state index in [-0.39, 0.29) is 5.41 Å². The van der Waals surface area contributed by atoms with Crippen LogP contribution in [-0.2, 0) is 14.6 Å². The second kappa shape index (κ2) is 9.12. The molecule has 0 bridgehead atoms. The minimum absolute atomic E-state index is 0.222. The smallest absolute Gasteiger partial charge is 0.137 e. The highest BCUT2D eigenvalue weighted by Crippen LogP contribution is 2.48. The number of hydrazine groups is 2. The zero-order valence-corrected chi connectivity index (χ0v) is 21.2. The first-order valence-electron chi connectivity index (χ1n) is 13.0. The van der Waals surface area contributed by atoms with Crippen LogP contribution in [0.25, 0.3) is 0 Å². The Morgan fingerprint density at radius 1 is 1.00 bits per heavy atom. The third-order valence-electron chi connectivity index (χ3n) is 9.93. The van der Waals surface area contributed by atoms with Crippen molar-refractivity contribution in [3.8, 4) is 6.07 Å². The topological polar surface area (TPSA) is 115 Å². The van der Waals surface area contributed by atoms with E-state index in [2.05, 4.69) is 41.5 Å². The van der Waals surface area contributed by atoms with Gasteiger partial charge in [-0.1, -0.05) is 8.62 Å². The Balaban J connectivity index is 1.25. The van der Waals surface area contributed by atoms with Crippen LogP contribution in [0.3, 0.4) is 0 Å². The summed E-state index contributed by atoms with van der Waals surface area (Å²) in [5.74, 6) is 3.44. The summed E-state index contributed by atoms with van der Waals surface area (Å²) >= 11 is 0. The molecule has 0 aromatic heterocycles. The van der Waals surface area contributed by atoms with E-state index in [1.807, 2.05) is 0 Å². The summed E-state index contributed by atoms with van der Waals surface area (Å²) in [4.78, 5) is 0. The zero-order valence-electron chi connectivity index (χ0n) is 20.4. The van der Waals surface area contributed by atoms with Gasteiger partial charge in [0.15, 0.2) is 0 Å². The molecule has 5 fully saturated rings. The summed E-state index contributed by atoms with van der Waals surface area (Å²) in [6.07, 6.45) is 9.61. The molecule has 0 amide bonds. The van der Waals surface area contributed by atoms with Gasteiger partial charge in [0, 0.05) is 31.2 Å². The average molecular weight is 479 g/mol. The van der Waals surface area contributed by atoms with Crippen molar-refractivity contribution in [3.63, 3.8) is 0 Å². The molecule has 5 aliphatic rings. The lowest BCUT2D eigenvalue weighted by Gasteiger charge is -2.49. The number of hydrogen-bond acceptors (Lipinski definition) is 7. The first-order chi connectivity index (χ1) is 15.7. The number of nitrogens with one attached hydrogen (secondary N) is 4. The van der Waals surface area contributed by atoms with E-state index >= 15 is 0 Å². The van der Waals surface area contributed by atoms with Crippen molar-refractivity contribution in [2.45, 2.75) is 76.9 Å². The van der Waals surface area contributed by atoms with Crippen LogP contribution in [0, 0.1) is 52.3 Å². The predicted octanol–water partition coefficient (Wildman–Crippen LogP) is 1.80. The van der Waals surface area contributed by atoms with E-state index in [0.717, 1.165) is 25.9 Å². The predicted molar refractivity (Wildman–Crippen MR) is 128 cm³/mol. The fourth-order valence-corrected chi connectivity index (χ4v) is 8.65. The molecule has 0 radical (unpaired) electrons. The van der Waals surface area contributed by atoms with Crippen molar-refractivity contribution in [1.29, 1.82) is 5.26 Å². The maximum absolute atomic E-state index is 12.0. The second-order valence-electron chi connectivity index (χ2n) is 12.1. The molecule has 5 rings (SSSR count). The van der Waals surface area contributed by atoms with Crippen LogP contribution in [-0.4, -0.2) is 53.0 Å². The van der Waals surface area contributed by atoms with Gasteiger partial charge in [-0.2, -0.15) is 5.26 Å². The molecule has 0 aromatic rings. The molecule has 9 heteroatoms. The zero-order chi connectivity index (χ0) is 23.4. The first-order valence-corrected chi connectivity index (χ1v) is 14.9. The van der Waals surface area contributed by atoms with E-state index in [9.17, 15) is 14.0 Å². The van der Waals surface area contributed by atoms with E-state index in [1.165, 1.54) is 42.8 Å². The van der Waals surface area contributed by atoms with Gasteiger partial charge in [-0.25, -0.2) is 5.43 Å². The van der Waals surface area contributed by atoms with Gasteiger partial charge < -0.3 is 9.87 Å². The Hall–Kier alpha value is -0.600. The fourth-order valence-electron chi connectivity index (χ4n) is 7.88. The van der Waals surface area contributed by atoms with Crippen molar-refractivity contribution in [2.75, 3.05) is 25.9 Å². The van der Waals surface area contributed by atoms with Crippen LogP contribution >= 0.6 is 0 Å². The molecule has 186 valence electrons. The number of fused-ring (bicyclic) bond motifs is 3. The Bertz CT molecular complexity index is 803. The molecule has 4 N–H and O–H groups in total. The highest BCUT2D eigenvalue weighted by Gasteiger charge is 2.52. The van der Waals surface area contributed by atoms with E-state index in [4.69, 9.17) is 0 Å². The number of nitrogens with zero attached hydrogens (tertiary/aromatic N) is 2. The molecule has 3 heterocycles. The summed E-state index contributed by atoms with van der Waals surface area (Å²) in [7, 11) is -3.18. The molecule has 33 heavy (non-hydrogen) atoms. The van der Waals surface area contributed by atoms with Gasteiger partial charge in [-0.3, -0.25) is 10.9 Å². The Kier molecular flexibility index (Phi) is 6.67. The third-order valence-corrected chi connectivity index (χ3v) is 11.0.